The number of nitrogens with zero attached hydrogens (tertiary/aromatic N) is 1. The SMILES string of the molecule is Cc1cc(Cl)ncc1NC(C)CC1COCCN1. The van der Waals surface area contributed by atoms with Gasteiger partial charge in [-0.25, -0.2) is 4.98 Å². The summed E-state index contributed by atoms with van der Waals surface area (Å²) in [6.07, 6.45) is 2.82. The molecule has 100 valence electrons. The van der Waals surface area contributed by atoms with Crippen LogP contribution in [-0.2, 0) is 4.74 Å². The predicted molar refractivity (Wildman–Crippen MR) is 74.3 cm³/mol. The van der Waals surface area contributed by atoms with E-state index in [9.17, 15) is 0 Å². The second-order valence-corrected chi connectivity index (χ2v) is 5.22. The van der Waals surface area contributed by atoms with Crippen molar-refractivity contribution < 1.29 is 4.74 Å². The molecule has 0 saturated carbocycles. The van der Waals surface area contributed by atoms with Gasteiger partial charge in [0, 0.05) is 18.6 Å². The van der Waals surface area contributed by atoms with Gasteiger partial charge in [0.05, 0.1) is 25.1 Å². The van der Waals surface area contributed by atoms with Crippen molar-refractivity contribution in [3.63, 3.8) is 0 Å². The highest BCUT2D eigenvalue weighted by molar-refractivity contribution is 6.29. The molecule has 2 heterocycles. The van der Waals surface area contributed by atoms with Crippen LogP contribution in [-0.4, -0.2) is 36.8 Å². The summed E-state index contributed by atoms with van der Waals surface area (Å²) in [5.74, 6) is 0. The number of anilines is 1. The number of aromatic nitrogens is 1. The van der Waals surface area contributed by atoms with Crippen molar-refractivity contribution in [3.05, 3.63) is 23.0 Å². The third-order valence-corrected chi connectivity index (χ3v) is 3.32. The van der Waals surface area contributed by atoms with E-state index in [1.165, 1.54) is 0 Å². The molecule has 5 heteroatoms. The van der Waals surface area contributed by atoms with Gasteiger partial charge in [0.1, 0.15) is 5.15 Å². The molecule has 1 aliphatic heterocycles. The topological polar surface area (TPSA) is 46.2 Å². The van der Waals surface area contributed by atoms with Crippen LogP contribution >= 0.6 is 11.6 Å². The summed E-state index contributed by atoms with van der Waals surface area (Å²) < 4.78 is 5.45. The monoisotopic (exact) mass is 269 g/mol. The zero-order valence-electron chi connectivity index (χ0n) is 10.9. The van der Waals surface area contributed by atoms with Crippen LogP contribution in [0.2, 0.25) is 5.15 Å². The fourth-order valence-electron chi connectivity index (χ4n) is 2.20. The number of pyridine rings is 1. The van der Waals surface area contributed by atoms with Crippen LogP contribution in [0.25, 0.3) is 0 Å². The average Bonchev–Trinajstić information content (AvgIpc) is 2.34. The minimum absolute atomic E-state index is 0.367. The lowest BCUT2D eigenvalue weighted by atomic mass is 10.1. The first-order chi connectivity index (χ1) is 8.65. The lowest BCUT2D eigenvalue weighted by Gasteiger charge is -2.27. The molecular formula is C13H20ClN3O. The molecule has 2 rings (SSSR count). The molecule has 0 aromatic carbocycles. The zero-order valence-corrected chi connectivity index (χ0v) is 11.6. The smallest absolute Gasteiger partial charge is 0.129 e. The maximum Gasteiger partial charge on any atom is 0.129 e. The van der Waals surface area contributed by atoms with Gasteiger partial charge in [0.2, 0.25) is 0 Å². The molecule has 1 aliphatic rings. The Bertz CT molecular complexity index is 394. The third kappa shape index (κ3) is 3.83. The molecule has 1 fully saturated rings. The molecule has 0 spiro atoms. The van der Waals surface area contributed by atoms with Gasteiger partial charge >= 0.3 is 0 Å². The Balaban J connectivity index is 1.87. The van der Waals surface area contributed by atoms with Crippen LogP contribution in [0.4, 0.5) is 5.69 Å². The first-order valence-electron chi connectivity index (χ1n) is 6.35. The highest BCUT2D eigenvalue weighted by atomic mass is 35.5. The van der Waals surface area contributed by atoms with E-state index < -0.39 is 0 Å². The van der Waals surface area contributed by atoms with Crippen molar-refractivity contribution in [1.29, 1.82) is 0 Å². The average molecular weight is 270 g/mol. The summed E-state index contributed by atoms with van der Waals surface area (Å²) in [4.78, 5) is 4.10. The van der Waals surface area contributed by atoms with E-state index >= 15 is 0 Å². The van der Waals surface area contributed by atoms with E-state index in [0.717, 1.165) is 37.4 Å². The Morgan fingerprint density at radius 2 is 2.50 bits per heavy atom. The molecule has 2 unspecified atom stereocenters. The molecule has 1 saturated heterocycles. The summed E-state index contributed by atoms with van der Waals surface area (Å²) in [6.45, 7) is 6.76. The Hall–Kier alpha value is -0.840. The molecule has 2 N–H and O–H groups in total. The minimum atomic E-state index is 0.367. The second-order valence-electron chi connectivity index (χ2n) is 4.83. The van der Waals surface area contributed by atoms with E-state index in [4.69, 9.17) is 16.3 Å². The van der Waals surface area contributed by atoms with Crippen molar-refractivity contribution in [2.45, 2.75) is 32.4 Å². The molecule has 18 heavy (non-hydrogen) atoms. The molecule has 0 bridgehead atoms. The highest BCUT2D eigenvalue weighted by Gasteiger charge is 2.16. The first-order valence-corrected chi connectivity index (χ1v) is 6.73. The number of hydrogen-bond donors (Lipinski definition) is 2. The van der Waals surface area contributed by atoms with Crippen LogP contribution in [0.3, 0.4) is 0 Å². The van der Waals surface area contributed by atoms with Crippen molar-refractivity contribution >= 4 is 17.3 Å². The van der Waals surface area contributed by atoms with Crippen molar-refractivity contribution in [2.75, 3.05) is 25.1 Å². The molecule has 0 amide bonds. The number of morpholine rings is 1. The number of halogens is 1. The number of hydrogen-bond acceptors (Lipinski definition) is 4. The van der Waals surface area contributed by atoms with Crippen LogP contribution in [0.15, 0.2) is 12.3 Å². The minimum Gasteiger partial charge on any atom is -0.381 e. The Morgan fingerprint density at radius 3 is 3.17 bits per heavy atom. The third-order valence-electron chi connectivity index (χ3n) is 3.12. The van der Waals surface area contributed by atoms with Gasteiger partial charge in [-0.15, -0.1) is 0 Å². The van der Waals surface area contributed by atoms with Gasteiger partial charge in [-0.3, -0.25) is 0 Å². The number of aryl methyl sites for hydroxylation is 1. The van der Waals surface area contributed by atoms with Crippen LogP contribution in [0.1, 0.15) is 18.9 Å². The quantitative estimate of drug-likeness (QED) is 0.823. The fourth-order valence-corrected chi connectivity index (χ4v) is 2.41. The lowest BCUT2D eigenvalue weighted by molar-refractivity contribution is 0.0731. The normalized spacial score (nSPS) is 21.6. The maximum absolute atomic E-state index is 5.84. The maximum atomic E-state index is 5.84. The summed E-state index contributed by atoms with van der Waals surface area (Å²) in [5, 5.41) is 7.46. The molecule has 1 aromatic heterocycles. The summed E-state index contributed by atoms with van der Waals surface area (Å²) in [5.41, 5.74) is 2.17. The summed E-state index contributed by atoms with van der Waals surface area (Å²) in [7, 11) is 0. The molecule has 1 aromatic rings. The molecule has 4 nitrogen and oxygen atoms in total. The van der Waals surface area contributed by atoms with Gasteiger partial charge in [-0.1, -0.05) is 11.6 Å². The lowest BCUT2D eigenvalue weighted by Crippen LogP contribution is -2.43. The highest BCUT2D eigenvalue weighted by Crippen LogP contribution is 2.18. The Kier molecular flexibility index (Phi) is 4.80. The van der Waals surface area contributed by atoms with E-state index in [-0.39, 0.29) is 0 Å². The number of nitrogens with one attached hydrogen (secondary N) is 2. The van der Waals surface area contributed by atoms with Gasteiger partial charge in [-0.05, 0) is 31.9 Å². The molecule has 2 atom stereocenters. The molecule has 0 radical (unpaired) electrons. The predicted octanol–water partition coefficient (Wildman–Crippen LogP) is 2.22. The molecule has 0 aliphatic carbocycles. The van der Waals surface area contributed by atoms with Crippen LogP contribution in [0.5, 0.6) is 0 Å². The Morgan fingerprint density at radius 1 is 1.67 bits per heavy atom. The van der Waals surface area contributed by atoms with Crippen molar-refractivity contribution in [2.24, 2.45) is 0 Å². The molecular weight excluding hydrogens is 250 g/mol. The van der Waals surface area contributed by atoms with Gasteiger partial charge in [-0.2, -0.15) is 0 Å². The van der Waals surface area contributed by atoms with Gasteiger partial charge in [0.25, 0.3) is 0 Å². The number of ether oxygens (including phenoxy) is 1. The van der Waals surface area contributed by atoms with Gasteiger partial charge < -0.3 is 15.4 Å². The second kappa shape index (κ2) is 6.36. The fraction of sp³-hybridized carbons (Fsp3) is 0.615. The van der Waals surface area contributed by atoms with E-state index in [1.54, 1.807) is 6.20 Å². The van der Waals surface area contributed by atoms with E-state index in [2.05, 4.69) is 22.5 Å². The summed E-state index contributed by atoms with van der Waals surface area (Å²) in [6, 6.07) is 2.67. The Labute approximate surface area is 113 Å². The standard InChI is InChI=1S/C13H20ClN3O/c1-9-5-13(14)16-7-12(9)17-10(2)6-11-8-18-4-3-15-11/h5,7,10-11,15,17H,3-4,6,8H2,1-2H3. The van der Waals surface area contributed by atoms with Crippen LogP contribution < -0.4 is 10.6 Å². The first kappa shape index (κ1) is 13.6. The van der Waals surface area contributed by atoms with Crippen molar-refractivity contribution in [3.8, 4) is 0 Å². The van der Waals surface area contributed by atoms with Gasteiger partial charge in [0.15, 0.2) is 0 Å². The van der Waals surface area contributed by atoms with Crippen LogP contribution in [0, 0.1) is 6.92 Å². The summed E-state index contributed by atoms with van der Waals surface area (Å²) >= 11 is 5.84. The zero-order chi connectivity index (χ0) is 13.0. The van der Waals surface area contributed by atoms with E-state index in [1.807, 2.05) is 13.0 Å². The van der Waals surface area contributed by atoms with E-state index in [0.29, 0.717) is 17.2 Å². The number of rotatable bonds is 4. The largest absolute Gasteiger partial charge is 0.381 e. The van der Waals surface area contributed by atoms with Crippen molar-refractivity contribution in [1.82, 2.24) is 10.3 Å².